The quantitative estimate of drug-likeness (QED) is 0.526. The number of ether oxygens (including phenoxy) is 1. The van der Waals surface area contributed by atoms with E-state index >= 15 is 0 Å². The molecule has 6 heteroatoms. The third kappa shape index (κ3) is 4.79. The maximum atomic E-state index is 12.8. The zero-order chi connectivity index (χ0) is 19.9. The number of carbonyl (C=O) groups is 2. The lowest BCUT2D eigenvalue weighted by Crippen LogP contribution is -2.44. The molecule has 2 aromatic carbocycles. The number of nitrogens with one attached hydrogen (secondary N) is 3. The molecule has 28 heavy (non-hydrogen) atoms. The monoisotopic (exact) mass is 377 g/mol. The molecule has 1 heterocycles. The van der Waals surface area contributed by atoms with Gasteiger partial charge in [-0.05, 0) is 23.8 Å². The molecule has 0 spiro atoms. The number of hydrogen-bond donors (Lipinski definition) is 3. The molecule has 3 N–H and O–H groups in total. The highest BCUT2D eigenvalue weighted by Gasteiger charge is 2.21. The molecule has 3 rings (SSSR count). The lowest BCUT2D eigenvalue weighted by Gasteiger charge is -2.18. The van der Waals surface area contributed by atoms with Crippen LogP contribution < -0.4 is 15.4 Å². The number of anilines is 1. The van der Waals surface area contributed by atoms with Crippen molar-refractivity contribution < 1.29 is 14.3 Å². The zero-order valence-electron chi connectivity index (χ0n) is 15.7. The Bertz CT molecular complexity index is 993. The smallest absolute Gasteiger partial charge is 0.247 e. The number of aromatic nitrogens is 1. The fourth-order valence-corrected chi connectivity index (χ4v) is 3.02. The van der Waals surface area contributed by atoms with Gasteiger partial charge < -0.3 is 20.4 Å². The van der Waals surface area contributed by atoms with Crippen molar-refractivity contribution in [3.05, 3.63) is 72.9 Å². The predicted molar refractivity (Wildman–Crippen MR) is 110 cm³/mol. The van der Waals surface area contributed by atoms with Gasteiger partial charge in [-0.25, -0.2) is 0 Å². The first kappa shape index (κ1) is 19.2. The van der Waals surface area contributed by atoms with Crippen LogP contribution in [0.1, 0.15) is 12.5 Å². The number of para-hydroxylation sites is 1. The summed E-state index contributed by atoms with van der Waals surface area (Å²) in [6.07, 6.45) is 3.90. The van der Waals surface area contributed by atoms with E-state index in [9.17, 15) is 9.59 Å². The van der Waals surface area contributed by atoms with Gasteiger partial charge in [0.05, 0.1) is 0 Å². The zero-order valence-corrected chi connectivity index (χ0v) is 15.7. The molecular weight excluding hydrogens is 354 g/mol. The van der Waals surface area contributed by atoms with Crippen LogP contribution in [-0.2, 0) is 16.0 Å². The van der Waals surface area contributed by atoms with Crippen LogP contribution in [0.2, 0.25) is 0 Å². The van der Waals surface area contributed by atoms with Gasteiger partial charge in [0.2, 0.25) is 11.8 Å². The Morgan fingerprint density at radius 1 is 1.21 bits per heavy atom. The SMILES string of the molecule is C=CCOc1cccc(NC(=O)[C@H](Cc2c[nH]c3ccccc23)NC(C)=O)c1. The van der Waals surface area contributed by atoms with Crippen LogP contribution in [-0.4, -0.2) is 29.4 Å². The number of amides is 2. The second kappa shape index (κ2) is 8.90. The molecular formula is C22H23N3O3. The summed E-state index contributed by atoms with van der Waals surface area (Å²) in [5.74, 6) is 0.0785. The summed E-state index contributed by atoms with van der Waals surface area (Å²) in [6.45, 7) is 5.40. The molecule has 0 radical (unpaired) electrons. The summed E-state index contributed by atoms with van der Waals surface area (Å²) in [5.41, 5.74) is 2.56. The van der Waals surface area contributed by atoms with Gasteiger partial charge in [0.25, 0.3) is 0 Å². The number of rotatable bonds is 8. The van der Waals surface area contributed by atoms with Gasteiger partial charge in [-0.15, -0.1) is 0 Å². The largest absolute Gasteiger partial charge is 0.489 e. The maximum Gasteiger partial charge on any atom is 0.247 e. The van der Waals surface area contributed by atoms with Crippen molar-refractivity contribution in [2.75, 3.05) is 11.9 Å². The minimum Gasteiger partial charge on any atom is -0.489 e. The van der Waals surface area contributed by atoms with Gasteiger partial charge in [0.15, 0.2) is 0 Å². The van der Waals surface area contributed by atoms with Crippen molar-refractivity contribution >= 4 is 28.4 Å². The molecule has 0 aliphatic carbocycles. The van der Waals surface area contributed by atoms with Crippen LogP contribution >= 0.6 is 0 Å². The van der Waals surface area contributed by atoms with Crippen LogP contribution in [0, 0.1) is 0 Å². The topological polar surface area (TPSA) is 83.2 Å². The molecule has 0 bridgehead atoms. The van der Waals surface area contributed by atoms with E-state index in [0.717, 1.165) is 16.5 Å². The van der Waals surface area contributed by atoms with Crippen LogP contribution in [0.25, 0.3) is 10.9 Å². The Morgan fingerprint density at radius 2 is 2.04 bits per heavy atom. The predicted octanol–water partition coefficient (Wildman–Crippen LogP) is 3.42. The van der Waals surface area contributed by atoms with E-state index in [1.807, 2.05) is 30.5 Å². The second-order valence-electron chi connectivity index (χ2n) is 6.43. The lowest BCUT2D eigenvalue weighted by atomic mass is 10.0. The molecule has 1 aromatic heterocycles. The normalized spacial score (nSPS) is 11.6. The molecule has 2 amide bonds. The van der Waals surface area contributed by atoms with Gasteiger partial charge in [-0.1, -0.05) is 36.9 Å². The number of carbonyl (C=O) groups excluding carboxylic acids is 2. The number of benzene rings is 2. The van der Waals surface area contributed by atoms with Gasteiger partial charge in [-0.2, -0.15) is 0 Å². The van der Waals surface area contributed by atoms with E-state index < -0.39 is 6.04 Å². The van der Waals surface area contributed by atoms with Crippen molar-refractivity contribution in [1.29, 1.82) is 0 Å². The molecule has 3 aromatic rings. The van der Waals surface area contributed by atoms with E-state index in [2.05, 4.69) is 22.2 Å². The Balaban J connectivity index is 1.76. The Hall–Kier alpha value is -3.54. The third-order valence-electron chi connectivity index (χ3n) is 4.26. The second-order valence-corrected chi connectivity index (χ2v) is 6.43. The van der Waals surface area contributed by atoms with Crippen LogP contribution in [0.3, 0.4) is 0 Å². The molecule has 6 nitrogen and oxygen atoms in total. The van der Waals surface area contributed by atoms with Gasteiger partial charge >= 0.3 is 0 Å². The first-order chi connectivity index (χ1) is 13.6. The first-order valence-electron chi connectivity index (χ1n) is 9.03. The van der Waals surface area contributed by atoms with Crippen molar-refractivity contribution in [3.8, 4) is 5.75 Å². The highest BCUT2D eigenvalue weighted by Crippen LogP contribution is 2.21. The minimum atomic E-state index is -0.700. The molecule has 0 unspecified atom stereocenters. The van der Waals surface area contributed by atoms with Crippen LogP contribution in [0.15, 0.2) is 67.4 Å². The fraction of sp³-hybridized carbons (Fsp3) is 0.182. The molecule has 0 saturated carbocycles. The van der Waals surface area contributed by atoms with Crippen LogP contribution in [0.4, 0.5) is 5.69 Å². The summed E-state index contributed by atoms with van der Waals surface area (Å²) in [7, 11) is 0. The highest BCUT2D eigenvalue weighted by atomic mass is 16.5. The number of H-pyrrole nitrogens is 1. The van der Waals surface area contributed by atoms with Crippen molar-refractivity contribution in [2.45, 2.75) is 19.4 Å². The number of aromatic amines is 1. The number of hydrogen-bond acceptors (Lipinski definition) is 3. The van der Waals surface area contributed by atoms with E-state index in [0.29, 0.717) is 24.5 Å². The summed E-state index contributed by atoms with van der Waals surface area (Å²) in [6, 6.07) is 14.3. The molecule has 144 valence electrons. The Morgan fingerprint density at radius 3 is 2.82 bits per heavy atom. The molecule has 0 saturated heterocycles. The highest BCUT2D eigenvalue weighted by molar-refractivity contribution is 5.97. The van der Waals surface area contributed by atoms with Gasteiger partial charge in [0.1, 0.15) is 18.4 Å². The van der Waals surface area contributed by atoms with E-state index in [-0.39, 0.29) is 11.8 Å². The average molecular weight is 377 g/mol. The average Bonchev–Trinajstić information content (AvgIpc) is 3.09. The van der Waals surface area contributed by atoms with Crippen molar-refractivity contribution in [1.82, 2.24) is 10.3 Å². The third-order valence-corrected chi connectivity index (χ3v) is 4.26. The summed E-state index contributed by atoms with van der Waals surface area (Å²) in [5, 5.41) is 6.63. The van der Waals surface area contributed by atoms with Crippen molar-refractivity contribution in [3.63, 3.8) is 0 Å². The van der Waals surface area contributed by atoms with E-state index in [4.69, 9.17) is 4.74 Å². The standard InChI is InChI=1S/C22H23N3O3/c1-3-11-28-18-8-6-7-17(13-18)25-22(27)21(24-15(2)26)12-16-14-23-20-10-5-4-9-19(16)20/h3-10,13-14,21,23H,1,11-12H2,2H3,(H,24,26)(H,25,27)/t21-/m0/s1. The lowest BCUT2D eigenvalue weighted by molar-refractivity contribution is -0.125. The Kier molecular flexibility index (Phi) is 6.11. The Labute approximate surface area is 163 Å². The van der Waals surface area contributed by atoms with Crippen molar-refractivity contribution in [2.24, 2.45) is 0 Å². The number of fused-ring (bicyclic) bond motifs is 1. The maximum absolute atomic E-state index is 12.8. The molecule has 0 aliphatic heterocycles. The van der Waals surface area contributed by atoms with E-state index in [1.54, 1.807) is 30.3 Å². The van der Waals surface area contributed by atoms with Gasteiger partial charge in [-0.3, -0.25) is 9.59 Å². The van der Waals surface area contributed by atoms with Gasteiger partial charge in [0, 0.05) is 42.2 Å². The summed E-state index contributed by atoms with van der Waals surface area (Å²) < 4.78 is 5.49. The summed E-state index contributed by atoms with van der Waals surface area (Å²) >= 11 is 0. The molecule has 1 atom stereocenters. The first-order valence-corrected chi connectivity index (χ1v) is 9.03. The minimum absolute atomic E-state index is 0.261. The fourth-order valence-electron chi connectivity index (χ4n) is 3.02. The van der Waals surface area contributed by atoms with Crippen LogP contribution in [0.5, 0.6) is 5.75 Å². The molecule has 0 aliphatic rings. The summed E-state index contributed by atoms with van der Waals surface area (Å²) in [4.78, 5) is 27.7. The molecule has 0 fully saturated rings. The van der Waals surface area contributed by atoms with E-state index in [1.165, 1.54) is 6.92 Å².